The highest BCUT2D eigenvalue weighted by Gasteiger charge is 1.82. The van der Waals surface area contributed by atoms with Crippen LogP contribution in [0.1, 0.15) is 25.7 Å². The van der Waals surface area contributed by atoms with Gasteiger partial charge in [-0.15, -0.1) is 0 Å². The predicted molar refractivity (Wildman–Crippen MR) is 64.2 cm³/mol. The molecule has 0 amide bonds. The SMILES string of the molecule is C1=C\C=C/C=C/C=C\CCCCC=C1. The van der Waals surface area contributed by atoms with Gasteiger partial charge in [0, 0.05) is 0 Å². The summed E-state index contributed by atoms with van der Waals surface area (Å²) in [5, 5.41) is 0. The first-order valence-corrected chi connectivity index (χ1v) is 5.32. The second-order valence-electron chi connectivity index (χ2n) is 3.30. The molecule has 0 unspecified atom stereocenters. The van der Waals surface area contributed by atoms with Gasteiger partial charge in [0.1, 0.15) is 0 Å². The number of hydrogen-bond donors (Lipinski definition) is 0. The molecule has 0 N–H and O–H groups in total. The van der Waals surface area contributed by atoms with E-state index in [2.05, 4.69) is 48.6 Å². The van der Waals surface area contributed by atoms with Crippen LogP contribution in [-0.2, 0) is 0 Å². The Morgan fingerprint density at radius 3 is 1.21 bits per heavy atom. The largest absolute Gasteiger partial charge is 0.0845 e. The second kappa shape index (κ2) is 8.31. The molecule has 0 heteroatoms. The van der Waals surface area contributed by atoms with E-state index in [4.69, 9.17) is 0 Å². The van der Waals surface area contributed by atoms with Gasteiger partial charge in [0.15, 0.2) is 0 Å². The van der Waals surface area contributed by atoms with Crippen LogP contribution in [0.25, 0.3) is 0 Å². The first-order valence-electron chi connectivity index (χ1n) is 5.32. The van der Waals surface area contributed by atoms with Gasteiger partial charge in [-0.2, -0.15) is 0 Å². The fraction of sp³-hybridized carbons (Fsp3) is 0.286. The Labute approximate surface area is 87.0 Å². The van der Waals surface area contributed by atoms with E-state index in [0.717, 1.165) is 0 Å². The van der Waals surface area contributed by atoms with E-state index >= 15 is 0 Å². The summed E-state index contributed by atoms with van der Waals surface area (Å²) in [5.41, 5.74) is 0. The van der Waals surface area contributed by atoms with Crippen molar-refractivity contribution in [3.63, 3.8) is 0 Å². The van der Waals surface area contributed by atoms with Crippen LogP contribution in [0.15, 0.2) is 60.8 Å². The zero-order valence-corrected chi connectivity index (χ0v) is 8.60. The molecular weight excluding hydrogens is 168 g/mol. The molecule has 0 spiro atoms. The third-order valence-corrected chi connectivity index (χ3v) is 2.04. The first-order chi connectivity index (χ1) is 7.00. The zero-order chi connectivity index (χ0) is 9.90. The monoisotopic (exact) mass is 186 g/mol. The number of allylic oxidation sites excluding steroid dienone is 10. The first kappa shape index (κ1) is 10.8. The lowest BCUT2D eigenvalue weighted by atomic mass is 10.1. The van der Waals surface area contributed by atoms with E-state index in [-0.39, 0.29) is 0 Å². The highest BCUT2D eigenvalue weighted by molar-refractivity contribution is 5.17. The summed E-state index contributed by atoms with van der Waals surface area (Å²) >= 11 is 0. The molecular formula is C14H18. The number of hydrogen-bond acceptors (Lipinski definition) is 0. The van der Waals surface area contributed by atoms with Crippen LogP contribution in [0.2, 0.25) is 0 Å². The van der Waals surface area contributed by atoms with Crippen molar-refractivity contribution in [2.45, 2.75) is 25.7 Å². The van der Waals surface area contributed by atoms with Gasteiger partial charge >= 0.3 is 0 Å². The third kappa shape index (κ3) is 6.24. The average molecular weight is 186 g/mol. The van der Waals surface area contributed by atoms with Crippen LogP contribution >= 0.6 is 0 Å². The molecule has 0 aliphatic heterocycles. The van der Waals surface area contributed by atoms with Gasteiger partial charge in [-0.25, -0.2) is 0 Å². The normalized spacial score (nSPS) is 25.1. The fourth-order valence-electron chi connectivity index (χ4n) is 1.26. The van der Waals surface area contributed by atoms with Gasteiger partial charge in [-0.05, 0) is 25.7 Å². The van der Waals surface area contributed by atoms with Gasteiger partial charge in [0.25, 0.3) is 0 Å². The molecule has 0 heterocycles. The van der Waals surface area contributed by atoms with Crippen LogP contribution in [0, 0.1) is 0 Å². The highest BCUT2D eigenvalue weighted by Crippen LogP contribution is 2.02. The summed E-state index contributed by atoms with van der Waals surface area (Å²) in [7, 11) is 0. The molecule has 0 saturated carbocycles. The molecule has 0 radical (unpaired) electrons. The molecule has 1 aliphatic rings. The molecule has 0 nitrogen and oxygen atoms in total. The van der Waals surface area contributed by atoms with Gasteiger partial charge in [-0.3, -0.25) is 0 Å². The van der Waals surface area contributed by atoms with Crippen molar-refractivity contribution in [3.8, 4) is 0 Å². The van der Waals surface area contributed by atoms with Crippen molar-refractivity contribution in [1.29, 1.82) is 0 Å². The lowest BCUT2D eigenvalue weighted by Gasteiger charge is -1.91. The van der Waals surface area contributed by atoms with Gasteiger partial charge in [0.2, 0.25) is 0 Å². The van der Waals surface area contributed by atoms with E-state index in [9.17, 15) is 0 Å². The van der Waals surface area contributed by atoms with Crippen LogP contribution in [-0.4, -0.2) is 0 Å². The molecule has 1 rings (SSSR count). The summed E-state index contributed by atoms with van der Waals surface area (Å²) in [5.74, 6) is 0. The minimum atomic E-state index is 1.19. The molecule has 0 aromatic rings. The van der Waals surface area contributed by atoms with Crippen molar-refractivity contribution in [1.82, 2.24) is 0 Å². The quantitative estimate of drug-likeness (QED) is 0.528. The molecule has 0 aromatic heterocycles. The predicted octanol–water partition coefficient (Wildman–Crippen LogP) is 4.34. The standard InChI is InChI=1S/C14H18/c1-2-4-6-8-10-12-14-13-11-9-7-5-3-1/h1-10H,11-14H2/b2-1-,5-3+,6-4?,9-7-,10-8?. The molecule has 0 atom stereocenters. The fourth-order valence-corrected chi connectivity index (χ4v) is 1.26. The Balaban J connectivity index is 2.46. The Morgan fingerprint density at radius 1 is 0.429 bits per heavy atom. The van der Waals surface area contributed by atoms with Gasteiger partial charge in [0.05, 0.1) is 0 Å². The molecule has 0 fully saturated rings. The van der Waals surface area contributed by atoms with E-state index in [1.807, 2.05) is 12.2 Å². The topological polar surface area (TPSA) is 0 Å². The third-order valence-electron chi connectivity index (χ3n) is 2.04. The van der Waals surface area contributed by atoms with Crippen molar-refractivity contribution in [2.75, 3.05) is 0 Å². The van der Waals surface area contributed by atoms with Crippen molar-refractivity contribution in [3.05, 3.63) is 60.8 Å². The van der Waals surface area contributed by atoms with Gasteiger partial charge < -0.3 is 0 Å². The number of rotatable bonds is 0. The molecule has 1 aliphatic carbocycles. The Hall–Kier alpha value is -1.30. The second-order valence-corrected chi connectivity index (χ2v) is 3.30. The molecule has 74 valence electrons. The molecule has 0 saturated heterocycles. The van der Waals surface area contributed by atoms with Crippen molar-refractivity contribution < 1.29 is 0 Å². The summed E-state index contributed by atoms with van der Waals surface area (Å²) in [6.07, 6.45) is 26.0. The molecule has 0 aromatic carbocycles. The summed E-state index contributed by atoms with van der Waals surface area (Å²) < 4.78 is 0. The maximum absolute atomic E-state index is 2.23. The van der Waals surface area contributed by atoms with E-state index in [1.165, 1.54) is 25.7 Å². The Morgan fingerprint density at radius 2 is 0.786 bits per heavy atom. The lowest BCUT2D eigenvalue weighted by Crippen LogP contribution is -1.71. The van der Waals surface area contributed by atoms with Crippen LogP contribution in [0.5, 0.6) is 0 Å². The van der Waals surface area contributed by atoms with E-state index < -0.39 is 0 Å². The lowest BCUT2D eigenvalue weighted by molar-refractivity contribution is 0.762. The van der Waals surface area contributed by atoms with Crippen LogP contribution in [0.3, 0.4) is 0 Å². The van der Waals surface area contributed by atoms with Crippen LogP contribution in [0.4, 0.5) is 0 Å². The van der Waals surface area contributed by atoms with E-state index in [1.54, 1.807) is 0 Å². The minimum absolute atomic E-state index is 1.19. The smallest absolute Gasteiger partial charge is 0.0347 e. The summed E-state index contributed by atoms with van der Waals surface area (Å²) in [6.45, 7) is 0. The highest BCUT2D eigenvalue weighted by atomic mass is 13.9. The summed E-state index contributed by atoms with van der Waals surface area (Å²) in [6, 6.07) is 0. The summed E-state index contributed by atoms with van der Waals surface area (Å²) in [4.78, 5) is 0. The molecule has 14 heavy (non-hydrogen) atoms. The minimum Gasteiger partial charge on any atom is -0.0845 e. The van der Waals surface area contributed by atoms with Crippen molar-refractivity contribution in [2.24, 2.45) is 0 Å². The zero-order valence-electron chi connectivity index (χ0n) is 8.60. The molecule has 0 bridgehead atoms. The maximum Gasteiger partial charge on any atom is -0.0347 e. The Bertz CT molecular complexity index is 234. The van der Waals surface area contributed by atoms with Crippen molar-refractivity contribution >= 4 is 0 Å². The van der Waals surface area contributed by atoms with Crippen LogP contribution < -0.4 is 0 Å². The van der Waals surface area contributed by atoms with E-state index in [0.29, 0.717) is 0 Å². The maximum atomic E-state index is 2.23. The Kier molecular flexibility index (Phi) is 6.39. The average Bonchev–Trinajstić information content (AvgIpc) is 2.22. The van der Waals surface area contributed by atoms with Gasteiger partial charge in [-0.1, -0.05) is 60.8 Å².